The van der Waals surface area contributed by atoms with Crippen molar-refractivity contribution >= 4 is 24.0 Å². The summed E-state index contributed by atoms with van der Waals surface area (Å²) in [4.78, 5) is 45.5. The van der Waals surface area contributed by atoms with E-state index in [9.17, 15) is 9.59 Å². The van der Waals surface area contributed by atoms with Crippen LogP contribution in [0.5, 0.6) is 5.75 Å². The average Bonchev–Trinajstić information content (AvgIpc) is 3.66. The number of aromatic nitrogens is 4. The number of piperidine rings is 2. The van der Waals surface area contributed by atoms with Crippen molar-refractivity contribution < 1.29 is 23.6 Å². The van der Waals surface area contributed by atoms with Crippen molar-refractivity contribution in [1.82, 2.24) is 30.3 Å². The van der Waals surface area contributed by atoms with Crippen LogP contribution in [0.4, 0.5) is 16.8 Å². The lowest BCUT2D eigenvalue weighted by atomic mass is 9.84. The largest absolute Gasteiger partial charge is 0.490 e. The highest BCUT2D eigenvalue weighted by molar-refractivity contribution is 5.78. The van der Waals surface area contributed by atoms with Gasteiger partial charge in [0.15, 0.2) is 11.6 Å². The molecule has 3 aliphatic rings. The smallest absolute Gasteiger partial charge is 0.408 e. The van der Waals surface area contributed by atoms with Gasteiger partial charge < -0.3 is 34.0 Å². The summed E-state index contributed by atoms with van der Waals surface area (Å²) in [6, 6.07) is 0.136. The standard InChI is InChI=1S/C33H52N8O5/c1-21(2)29-37-31(46-38-29)39-13-10-24(11-14-39)23(4)12-15-44-25-16-34-30(35-17-25)40-19-26(36-32(43)45-33(5,6)7)27(20-40)41-18-22(3)8-9-28(41)42/h16-17,21-24,26-27H,8-15,18-20H2,1-7H3,(H,36,43)/t22-,23+,26-,27-/m0/s1. The summed E-state index contributed by atoms with van der Waals surface area (Å²) in [5.74, 6) is 3.85. The zero-order valence-corrected chi connectivity index (χ0v) is 28.6. The second kappa shape index (κ2) is 14.4. The average molecular weight is 641 g/mol. The predicted molar refractivity (Wildman–Crippen MR) is 174 cm³/mol. The third kappa shape index (κ3) is 8.58. The molecule has 0 unspecified atom stereocenters. The van der Waals surface area contributed by atoms with Gasteiger partial charge in [0.05, 0.1) is 31.1 Å². The molecular weight excluding hydrogens is 588 g/mol. The van der Waals surface area contributed by atoms with Gasteiger partial charge in [-0.3, -0.25) is 4.79 Å². The molecule has 3 saturated heterocycles. The molecular formula is C33H52N8O5. The van der Waals surface area contributed by atoms with E-state index >= 15 is 0 Å². The van der Waals surface area contributed by atoms with Crippen LogP contribution in [0.3, 0.4) is 0 Å². The number of rotatable bonds is 10. The molecule has 0 radical (unpaired) electrons. The fourth-order valence-electron chi connectivity index (χ4n) is 6.62. The van der Waals surface area contributed by atoms with Gasteiger partial charge >= 0.3 is 12.1 Å². The van der Waals surface area contributed by atoms with Gasteiger partial charge in [-0.2, -0.15) is 4.98 Å². The number of carbonyl (C=O) groups is 2. The SMILES string of the molecule is CC(C)c1noc(N2CCC([C@H](C)CCOc3cnc(N4C[C@H](NC(=O)OC(C)(C)C)[C@@H](N5C[C@@H](C)CCC5=O)C4)nc3)CC2)n1. The monoisotopic (exact) mass is 640 g/mol. The lowest BCUT2D eigenvalue weighted by molar-refractivity contribution is -0.137. The van der Waals surface area contributed by atoms with Crippen LogP contribution in [0.25, 0.3) is 0 Å². The van der Waals surface area contributed by atoms with Gasteiger partial charge in [-0.25, -0.2) is 14.8 Å². The molecule has 0 bridgehead atoms. The molecule has 5 heterocycles. The molecule has 46 heavy (non-hydrogen) atoms. The van der Waals surface area contributed by atoms with Gasteiger partial charge in [0, 0.05) is 45.1 Å². The molecule has 0 aromatic carbocycles. The maximum absolute atomic E-state index is 12.9. The molecule has 0 aliphatic carbocycles. The molecule has 0 spiro atoms. The topological polar surface area (TPSA) is 139 Å². The van der Waals surface area contributed by atoms with E-state index in [4.69, 9.17) is 14.0 Å². The van der Waals surface area contributed by atoms with Gasteiger partial charge in [0.25, 0.3) is 0 Å². The number of likely N-dealkylation sites (tertiary alicyclic amines) is 1. The normalized spacial score (nSPS) is 23.6. The van der Waals surface area contributed by atoms with Crippen molar-refractivity contribution in [2.75, 3.05) is 49.1 Å². The van der Waals surface area contributed by atoms with Crippen molar-refractivity contribution in [3.8, 4) is 5.75 Å². The first-order chi connectivity index (χ1) is 21.9. The molecule has 1 N–H and O–H groups in total. The van der Waals surface area contributed by atoms with Crippen molar-refractivity contribution in [2.45, 2.75) is 104 Å². The minimum atomic E-state index is -0.615. The second-order valence-corrected chi connectivity index (χ2v) is 14.7. The quantitative estimate of drug-likeness (QED) is 0.388. The molecule has 3 aliphatic heterocycles. The van der Waals surface area contributed by atoms with Crippen LogP contribution >= 0.6 is 0 Å². The highest BCUT2D eigenvalue weighted by Gasteiger charge is 2.42. The van der Waals surface area contributed by atoms with Crippen LogP contribution in [0.2, 0.25) is 0 Å². The highest BCUT2D eigenvalue weighted by atomic mass is 16.6. The minimum absolute atomic E-state index is 0.123. The first-order valence-electron chi connectivity index (χ1n) is 16.9. The number of alkyl carbamates (subject to hydrolysis) is 1. The van der Waals surface area contributed by atoms with E-state index in [-0.39, 0.29) is 23.9 Å². The Bertz CT molecular complexity index is 1300. The second-order valence-electron chi connectivity index (χ2n) is 14.7. The number of hydrogen-bond donors (Lipinski definition) is 1. The predicted octanol–water partition coefficient (Wildman–Crippen LogP) is 4.65. The number of nitrogens with one attached hydrogen (secondary N) is 1. The van der Waals surface area contributed by atoms with Gasteiger partial charge in [0.1, 0.15) is 5.60 Å². The number of hydrogen-bond acceptors (Lipinski definition) is 11. The Labute approximate surface area is 272 Å². The minimum Gasteiger partial charge on any atom is -0.490 e. The van der Waals surface area contributed by atoms with Gasteiger partial charge in [0.2, 0.25) is 11.9 Å². The molecule has 5 rings (SSSR count). The summed E-state index contributed by atoms with van der Waals surface area (Å²) in [6.45, 7) is 18.2. The van der Waals surface area contributed by atoms with Gasteiger partial charge in [-0.15, -0.1) is 0 Å². The molecule has 13 nitrogen and oxygen atoms in total. The van der Waals surface area contributed by atoms with Crippen LogP contribution in [0, 0.1) is 17.8 Å². The van der Waals surface area contributed by atoms with Crippen molar-refractivity contribution in [3.05, 3.63) is 18.2 Å². The first-order valence-corrected chi connectivity index (χ1v) is 16.9. The van der Waals surface area contributed by atoms with Gasteiger partial charge in [-0.1, -0.05) is 32.9 Å². The van der Waals surface area contributed by atoms with Crippen molar-refractivity contribution in [3.63, 3.8) is 0 Å². The van der Waals surface area contributed by atoms with E-state index in [1.165, 1.54) is 0 Å². The maximum atomic E-state index is 12.9. The zero-order chi connectivity index (χ0) is 33.0. The molecule has 2 amide bonds. The summed E-state index contributed by atoms with van der Waals surface area (Å²) in [6.07, 6.45) is 7.45. The van der Waals surface area contributed by atoms with Gasteiger partial charge in [-0.05, 0) is 64.2 Å². The number of amides is 2. The van der Waals surface area contributed by atoms with Crippen molar-refractivity contribution in [2.24, 2.45) is 17.8 Å². The summed E-state index contributed by atoms with van der Waals surface area (Å²) in [7, 11) is 0. The molecule has 254 valence electrons. The summed E-state index contributed by atoms with van der Waals surface area (Å²) < 4.78 is 17.1. The summed E-state index contributed by atoms with van der Waals surface area (Å²) in [5, 5.41) is 7.12. The Morgan fingerprint density at radius 1 is 1.07 bits per heavy atom. The van der Waals surface area contributed by atoms with E-state index in [0.29, 0.717) is 68.1 Å². The first kappa shape index (κ1) is 33.7. The van der Waals surface area contributed by atoms with Crippen molar-refractivity contribution in [1.29, 1.82) is 0 Å². The van der Waals surface area contributed by atoms with E-state index < -0.39 is 11.7 Å². The van der Waals surface area contributed by atoms with Crippen LogP contribution in [0.15, 0.2) is 16.9 Å². The van der Waals surface area contributed by atoms with Crippen LogP contribution in [-0.4, -0.2) is 94.0 Å². The zero-order valence-electron chi connectivity index (χ0n) is 28.6. The Morgan fingerprint density at radius 3 is 2.43 bits per heavy atom. The summed E-state index contributed by atoms with van der Waals surface area (Å²) in [5.41, 5.74) is -0.615. The Morgan fingerprint density at radius 2 is 1.78 bits per heavy atom. The third-order valence-corrected chi connectivity index (χ3v) is 9.37. The van der Waals surface area contributed by atoms with Crippen LogP contribution in [-0.2, 0) is 9.53 Å². The number of nitrogens with zero attached hydrogens (tertiary/aromatic N) is 7. The Balaban J connectivity index is 1.11. The Hall–Kier alpha value is -3.64. The van der Waals surface area contributed by atoms with E-state index in [1.54, 1.807) is 12.4 Å². The molecule has 3 fully saturated rings. The number of anilines is 2. The number of ether oxygens (including phenoxy) is 2. The molecule has 2 aromatic heterocycles. The van der Waals surface area contributed by atoms with E-state index in [1.807, 2.05) is 30.6 Å². The fraction of sp³-hybridized carbons (Fsp3) is 0.758. The lowest BCUT2D eigenvalue weighted by Crippen LogP contribution is -2.56. The molecule has 4 atom stereocenters. The van der Waals surface area contributed by atoms with E-state index in [0.717, 1.165) is 44.6 Å². The van der Waals surface area contributed by atoms with Crippen LogP contribution < -0.4 is 19.9 Å². The van der Waals surface area contributed by atoms with Crippen LogP contribution in [0.1, 0.15) is 92.3 Å². The molecule has 2 aromatic rings. The molecule has 0 saturated carbocycles. The summed E-state index contributed by atoms with van der Waals surface area (Å²) >= 11 is 0. The third-order valence-electron chi connectivity index (χ3n) is 9.37. The molecule has 13 heteroatoms. The Kier molecular flexibility index (Phi) is 10.6. The fourth-order valence-corrected chi connectivity index (χ4v) is 6.62. The van der Waals surface area contributed by atoms with E-state index in [2.05, 4.69) is 58.0 Å². The lowest BCUT2D eigenvalue weighted by Gasteiger charge is -2.37. The number of carbonyl (C=O) groups excluding carboxylic acids is 2. The maximum Gasteiger partial charge on any atom is 0.408 e. The highest BCUT2D eigenvalue weighted by Crippen LogP contribution is 2.30.